The number of carbonyl (C=O) groups is 1. The van der Waals surface area contributed by atoms with Crippen LogP contribution < -0.4 is 0 Å². The lowest BCUT2D eigenvalue weighted by Crippen LogP contribution is -2.37. The second kappa shape index (κ2) is 8.22. The Balaban J connectivity index is 1.28. The molecular weight excluding hydrogens is 394 g/mol. The van der Waals surface area contributed by atoms with E-state index in [2.05, 4.69) is 20.4 Å². The summed E-state index contributed by atoms with van der Waals surface area (Å²) in [7, 11) is 1.76. The van der Waals surface area contributed by atoms with Crippen molar-refractivity contribution in [2.45, 2.75) is 38.5 Å². The molecule has 1 saturated carbocycles. The molecule has 0 bridgehead atoms. The van der Waals surface area contributed by atoms with Crippen LogP contribution in [0.1, 0.15) is 24.6 Å². The van der Waals surface area contributed by atoms with Gasteiger partial charge >= 0.3 is 0 Å². The number of nitrogens with zero attached hydrogens (tertiary/aromatic N) is 7. The first-order valence-electron chi connectivity index (χ1n) is 10.7. The average molecular weight is 422 g/mol. The number of hydrogen-bond acceptors (Lipinski definition) is 6. The number of fused-ring (bicyclic) bond motifs is 1. The smallest absolute Gasteiger partial charge is 0.244 e. The lowest BCUT2D eigenvalue weighted by atomic mass is 9.77. The molecular formula is C22H27N7O2. The molecule has 0 N–H and O–H groups in total. The largest absolute Gasteiger partial charge is 0.379 e. The minimum atomic E-state index is 0.0448. The number of carbonyl (C=O) groups excluding carboxylic acids is 1. The van der Waals surface area contributed by atoms with Crippen LogP contribution in [0.4, 0.5) is 0 Å². The molecule has 9 nitrogen and oxygen atoms in total. The maximum absolute atomic E-state index is 12.8. The number of likely N-dealkylation sites (tertiary alicyclic amines) is 1. The van der Waals surface area contributed by atoms with Gasteiger partial charge in [-0.15, -0.1) is 5.10 Å². The van der Waals surface area contributed by atoms with Crippen molar-refractivity contribution in [2.24, 2.45) is 11.8 Å². The SMILES string of the molecule is CO[C@@H]1C[C@H]2CN(C(=O)Cn3ccc(C)n3)C[C@H]2C[C@H]1n1cc(-c2ccccn2)nn1. The van der Waals surface area contributed by atoms with Crippen LogP contribution >= 0.6 is 0 Å². The Kier molecular flexibility index (Phi) is 5.27. The van der Waals surface area contributed by atoms with Crippen molar-refractivity contribution in [1.29, 1.82) is 0 Å². The van der Waals surface area contributed by atoms with E-state index in [1.807, 2.05) is 53.2 Å². The van der Waals surface area contributed by atoms with Gasteiger partial charge in [0.15, 0.2) is 0 Å². The first kappa shape index (κ1) is 19.9. The first-order valence-corrected chi connectivity index (χ1v) is 10.7. The monoisotopic (exact) mass is 421 g/mol. The molecule has 4 heterocycles. The quantitative estimate of drug-likeness (QED) is 0.626. The molecule has 0 aromatic carbocycles. The molecule has 2 aliphatic rings. The van der Waals surface area contributed by atoms with E-state index in [1.54, 1.807) is 18.0 Å². The van der Waals surface area contributed by atoms with E-state index in [0.29, 0.717) is 18.4 Å². The standard InChI is InChI=1S/C22H27N7O2/c1-15-6-8-28(25-15)14-22(30)27-11-16-9-20(21(31-2)10-17(16)12-27)29-13-19(24-26-29)18-5-3-4-7-23-18/h3-8,13,16-17,20-21H,9-12,14H2,1-2H3/t16-,17+,20-,21-/m1/s1. The molecule has 3 aromatic heterocycles. The van der Waals surface area contributed by atoms with E-state index in [1.165, 1.54) is 0 Å². The molecule has 9 heteroatoms. The van der Waals surface area contributed by atoms with Gasteiger partial charge < -0.3 is 9.64 Å². The zero-order valence-electron chi connectivity index (χ0n) is 17.8. The number of methoxy groups -OCH3 is 1. The van der Waals surface area contributed by atoms with Gasteiger partial charge in [-0.05, 0) is 49.8 Å². The molecule has 2 fully saturated rings. The fraction of sp³-hybridized carbons (Fsp3) is 0.500. The van der Waals surface area contributed by atoms with Crippen LogP contribution in [0, 0.1) is 18.8 Å². The maximum atomic E-state index is 12.8. The van der Waals surface area contributed by atoms with Crippen molar-refractivity contribution in [3.05, 3.63) is 48.5 Å². The molecule has 1 aliphatic heterocycles. The summed E-state index contributed by atoms with van der Waals surface area (Å²) in [5, 5.41) is 13.1. The third kappa shape index (κ3) is 3.97. The minimum absolute atomic E-state index is 0.0448. The number of amides is 1. The Morgan fingerprint density at radius 2 is 2.00 bits per heavy atom. The topological polar surface area (TPSA) is 91.0 Å². The molecule has 1 saturated heterocycles. The van der Waals surface area contributed by atoms with Crippen molar-refractivity contribution in [1.82, 2.24) is 34.7 Å². The van der Waals surface area contributed by atoms with Crippen molar-refractivity contribution < 1.29 is 9.53 Å². The van der Waals surface area contributed by atoms with Crippen LogP contribution in [0.25, 0.3) is 11.4 Å². The van der Waals surface area contributed by atoms with Crippen LogP contribution in [0.2, 0.25) is 0 Å². The highest BCUT2D eigenvalue weighted by atomic mass is 16.5. The average Bonchev–Trinajstić information content (AvgIpc) is 3.52. The van der Waals surface area contributed by atoms with Gasteiger partial charge in [0.25, 0.3) is 0 Å². The van der Waals surface area contributed by atoms with Gasteiger partial charge in [-0.3, -0.25) is 14.5 Å². The molecule has 31 heavy (non-hydrogen) atoms. The van der Waals surface area contributed by atoms with Gasteiger partial charge in [0.2, 0.25) is 5.91 Å². The molecule has 4 atom stereocenters. The van der Waals surface area contributed by atoms with Gasteiger partial charge in [0.1, 0.15) is 12.2 Å². The predicted octanol–water partition coefficient (Wildman–Crippen LogP) is 1.97. The summed E-state index contributed by atoms with van der Waals surface area (Å²) in [6.45, 7) is 3.78. The maximum Gasteiger partial charge on any atom is 0.244 e. The zero-order chi connectivity index (χ0) is 21.4. The van der Waals surface area contributed by atoms with Crippen LogP contribution in [0.15, 0.2) is 42.9 Å². The van der Waals surface area contributed by atoms with Gasteiger partial charge in [0, 0.05) is 32.6 Å². The van der Waals surface area contributed by atoms with Crippen molar-refractivity contribution >= 4 is 5.91 Å². The predicted molar refractivity (Wildman–Crippen MR) is 113 cm³/mol. The summed E-state index contributed by atoms with van der Waals surface area (Å²) in [4.78, 5) is 19.2. The van der Waals surface area contributed by atoms with Crippen molar-refractivity contribution in [2.75, 3.05) is 20.2 Å². The fourth-order valence-corrected chi connectivity index (χ4v) is 4.99. The van der Waals surface area contributed by atoms with E-state index in [-0.39, 0.29) is 18.1 Å². The van der Waals surface area contributed by atoms with Gasteiger partial charge in [-0.1, -0.05) is 11.3 Å². The highest BCUT2D eigenvalue weighted by molar-refractivity contribution is 5.76. The van der Waals surface area contributed by atoms with E-state index in [0.717, 1.165) is 43.0 Å². The van der Waals surface area contributed by atoms with E-state index in [9.17, 15) is 4.79 Å². The molecule has 1 aliphatic carbocycles. The molecule has 0 unspecified atom stereocenters. The number of pyridine rings is 1. The Morgan fingerprint density at radius 3 is 2.71 bits per heavy atom. The molecule has 0 radical (unpaired) electrons. The molecule has 162 valence electrons. The Morgan fingerprint density at radius 1 is 1.16 bits per heavy atom. The molecule has 1 amide bonds. The lowest BCUT2D eigenvalue weighted by Gasteiger charge is -2.36. The Hall–Kier alpha value is -3.07. The normalized spacial score (nSPS) is 25.5. The number of aromatic nitrogens is 6. The van der Waals surface area contributed by atoms with Crippen LogP contribution in [0.3, 0.4) is 0 Å². The highest BCUT2D eigenvalue weighted by Crippen LogP contribution is 2.42. The third-order valence-corrected chi connectivity index (χ3v) is 6.59. The van der Waals surface area contributed by atoms with Crippen LogP contribution in [0.5, 0.6) is 0 Å². The number of rotatable bonds is 5. The van der Waals surface area contributed by atoms with Crippen LogP contribution in [-0.4, -0.2) is 66.9 Å². The van der Waals surface area contributed by atoms with E-state index < -0.39 is 0 Å². The molecule has 0 spiro atoms. The van der Waals surface area contributed by atoms with Crippen molar-refractivity contribution in [3.63, 3.8) is 0 Å². The molecule has 5 rings (SSSR count). The summed E-state index contributed by atoms with van der Waals surface area (Å²) in [5.74, 6) is 1.01. The number of ether oxygens (including phenoxy) is 1. The summed E-state index contributed by atoms with van der Waals surface area (Å²) in [6.07, 6.45) is 7.44. The molecule has 3 aromatic rings. The highest BCUT2D eigenvalue weighted by Gasteiger charge is 2.44. The fourth-order valence-electron chi connectivity index (χ4n) is 4.99. The minimum Gasteiger partial charge on any atom is -0.379 e. The summed E-state index contributed by atoms with van der Waals surface area (Å²) < 4.78 is 9.49. The van der Waals surface area contributed by atoms with Crippen LogP contribution in [-0.2, 0) is 16.1 Å². The third-order valence-electron chi connectivity index (χ3n) is 6.59. The second-order valence-corrected chi connectivity index (χ2v) is 8.59. The van der Waals surface area contributed by atoms with E-state index in [4.69, 9.17) is 4.74 Å². The zero-order valence-corrected chi connectivity index (χ0v) is 17.8. The number of aryl methyl sites for hydroxylation is 1. The van der Waals surface area contributed by atoms with Crippen molar-refractivity contribution in [3.8, 4) is 11.4 Å². The van der Waals surface area contributed by atoms with Gasteiger partial charge in [0.05, 0.1) is 29.7 Å². The Labute approximate surface area is 181 Å². The Bertz CT molecular complexity index is 1050. The van der Waals surface area contributed by atoms with Gasteiger partial charge in [-0.2, -0.15) is 5.10 Å². The van der Waals surface area contributed by atoms with E-state index >= 15 is 0 Å². The van der Waals surface area contributed by atoms with Gasteiger partial charge in [-0.25, -0.2) is 4.68 Å². The summed E-state index contributed by atoms with van der Waals surface area (Å²) >= 11 is 0. The number of hydrogen-bond donors (Lipinski definition) is 0. The second-order valence-electron chi connectivity index (χ2n) is 8.59. The lowest BCUT2D eigenvalue weighted by molar-refractivity contribution is -0.131. The summed E-state index contributed by atoms with van der Waals surface area (Å²) in [5.41, 5.74) is 2.49. The first-order chi connectivity index (χ1) is 15.1. The summed E-state index contributed by atoms with van der Waals surface area (Å²) in [6, 6.07) is 7.78.